The van der Waals surface area contributed by atoms with Crippen molar-refractivity contribution in [3.63, 3.8) is 0 Å². The number of hydrogen-bond donors (Lipinski definition) is 2. The number of likely N-dealkylation sites (tertiary alicyclic amines) is 1. The van der Waals surface area contributed by atoms with E-state index in [0.717, 1.165) is 25.9 Å². The Morgan fingerprint density at radius 1 is 1.33 bits per heavy atom. The third-order valence-corrected chi connectivity index (χ3v) is 2.96. The zero-order valence-electron chi connectivity index (χ0n) is 10.3. The average Bonchev–Trinajstić information content (AvgIpc) is 2.26. The van der Waals surface area contributed by atoms with Gasteiger partial charge in [-0.25, -0.2) is 0 Å². The van der Waals surface area contributed by atoms with E-state index in [9.17, 15) is 18.0 Å². The number of nitrogens with zero attached hydrogens (tertiary/aromatic N) is 1. The zero-order valence-corrected chi connectivity index (χ0v) is 10.3. The Kier molecular flexibility index (Phi) is 5.87. The van der Waals surface area contributed by atoms with Crippen LogP contribution in [0.1, 0.15) is 25.7 Å². The topological polar surface area (TPSA) is 58.4 Å². The molecule has 1 saturated heterocycles. The number of carbonyl (C=O) groups is 1. The molecule has 0 bridgehead atoms. The standard InChI is InChI=1S/C11H20F3N3O/c12-11(13,14)4-1-5-16-10(18)8-17-6-2-9(15)3-7-17/h9H,1-8,15H2,(H,16,18). The maximum atomic E-state index is 11.9. The van der Waals surface area contributed by atoms with E-state index in [0.29, 0.717) is 0 Å². The van der Waals surface area contributed by atoms with Gasteiger partial charge in [-0.1, -0.05) is 0 Å². The van der Waals surface area contributed by atoms with Crippen LogP contribution in [0.4, 0.5) is 13.2 Å². The molecule has 4 nitrogen and oxygen atoms in total. The van der Waals surface area contributed by atoms with Crippen LogP contribution in [0.25, 0.3) is 0 Å². The molecule has 7 heteroatoms. The fourth-order valence-electron chi connectivity index (χ4n) is 1.89. The summed E-state index contributed by atoms with van der Waals surface area (Å²) in [4.78, 5) is 13.4. The number of halogens is 3. The number of amides is 1. The molecule has 18 heavy (non-hydrogen) atoms. The Morgan fingerprint density at radius 3 is 2.50 bits per heavy atom. The molecule has 0 aromatic carbocycles. The summed E-state index contributed by atoms with van der Waals surface area (Å²) in [6.45, 7) is 1.87. The zero-order chi connectivity index (χ0) is 13.6. The van der Waals surface area contributed by atoms with Gasteiger partial charge < -0.3 is 11.1 Å². The first-order valence-electron chi connectivity index (χ1n) is 6.18. The Bertz CT molecular complexity index is 263. The summed E-state index contributed by atoms with van der Waals surface area (Å²) in [6, 6.07) is 0.205. The highest BCUT2D eigenvalue weighted by Crippen LogP contribution is 2.20. The Morgan fingerprint density at radius 2 is 1.94 bits per heavy atom. The van der Waals surface area contributed by atoms with Gasteiger partial charge in [0.05, 0.1) is 6.54 Å². The van der Waals surface area contributed by atoms with Gasteiger partial charge in [0.1, 0.15) is 0 Å². The number of rotatable bonds is 5. The van der Waals surface area contributed by atoms with Crippen molar-refractivity contribution >= 4 is 5.91 Å². The van der Waals surface area contributed by atoms with Gasteiger partial charge in [-0.3, -0.25) is 9.69 Å². The van der Waals surface area contributed by atoms with E-state index < -0.39 is 12.6 Å². The average molecular weight is 267 g/mol. The van der Waals surface area contributed by atoms with Crippen LogP contribution >= 0.6 is 0 Å². The molecule has 1 aliphatic heterocycles. The van der Waals surface area contributed by atoms with Gasteiger partial charge >= 0.3 is 6.18 Å². The smallest absolute Gasteiger partial charge is 0.355 e. The number of nitrogens with two attached hydrogens (primary N) is 1. The Balaban J connectivity index is 2.07. The maximum Gasteiger partial charge on any atom is 0.389 e. The SMILES string of the molecule is NC1CCN(CC(=O)NCCCC(F)(F)F)CC1. The lowest BCUT2D eigenvalue weighted by molar-refractivity contribution is -0.136. The number of hydrogen-bond acceptors (Lipinski definition) is 3. The number of piperidine rings is 1. The molecule has 0 atom stereocenters. The molecule has 0 aromatic heterocycles. The molecule has 1 rings (SSSR count). The molecule has 0 aliphatic carbocycles. The van der Waals surface area contributed by atoms with Crippen LogP contribution in [0, 0.1) is 0 Å². The predicted molar refractivity (Wildman–Crippen MR) is 61.9 cm³/mol. The molecule has 0 spiro atoms. The van der Waals surface area contributed by atoms with Gasteiger partial charge in [-0.05, 0) is 19.3 Å². The van der Waals surface area contributed by atoms with Gasteiger partial charge in [0.2, 0.25) is 5.91 Å². The van der Waals surface area contributed by atoms with Crippen molar-refractivity contribution in [2.45, 2.75) is 37.9 Å². The van der Waals surface area contributed by atoms with Crippen molar-refractivity contribution in [1.82, 2.24) is 10.2 Å². The molecular weight excluding hydrogens is 247 g/mol. The molecular formula is C11H20F3N3O. The maximum absolute atomic E-state index is 11.9. The van der Waals surface area contributed by atoms with Crippen LogP contribution in [-0.4, -0.2) is 49.2 Å². The van der Waals surface area contributed by atoms with E-state index in [2.05, 4.69) is 5.32 Å². The molecule has 1 amide bonds. The van der Waals surface area contributed by atoms with Crippen molar-refractivity contribution in [2.24, 2.45) is 5.73 Å². The minimum Gasteiger partial charge on any atom is -0.355 e. The van der Waals surface area contributed by atoms with Crippen molar-refractivity contribution in [3.8, 4) is 0 Å². The third-order valence-electron chi connectivity index (χ3n) is 2.96. The van der Waals surface area contributed by atoms with E-state index in [4.69, 9.17) is 5.73 Å². The van der Waals surface area contributed by atoms with Crippen LogP contribution in [0.3, 0.4) is 0 Å². The van der Waals surface area contributed by atoms with Crippen LogP contribution in [-0.2, 0) is 4.79 Å². The first-order chi connectivity index (χ1) is 8.37. The Hall–Kier alpha value is -0.820. The summed E-state index contributed by atoms with van der Waals surface area (Å²) in [5, 5.41) is 2.50. The van der Waals surface area contributed by atoms with Crippen molar-refractivity contribution in [3.05, 3.63) is 0 Å². The van der Waals surface area contributed by atoms with Gasteiger partial charge in [0, 0.05) is 32.1 Å². The highest BCUT2D eigenvalue weighted by molar-refractivity contribution is 5.77. The van der Waals surface area contributed by atoms with Crippen LogP contribution < -0.4 is 11.1 Å². The monoisotopic (exact) mass is 267 g/mol. The van der Waals surface area contributed by atoms with Gasteiger partial charge in [-0.2, -0.15) is 13.2 Å². The van der Waals surface area contributed by atoms with Crippen LogP contribution in [0.2, 0.25) is 0 Å². The van der Waals surface area contributed by atoms with E-state index in [1.807, 2.05) is 4.90 Å². The van der Waals surface area contributed by atoms with Crippen LogP contribution in [0.15, 0.2) is 0 Å². The fourth-order valence-corrected chi connectivity index (χ4v) is 1.89. The second kappa shape index (κ2) is 6.94. The predicted octanol–water partition coefficient (Wildman–Crippen LogP) is 0.868. The summed E-state index contributed by atoms with van der Waals surface area (Å²) >= 11 is 0. The normalized spacial score (nSPS) is 18.9. The van der Waals surface area contributed by atoms with Crippen LogP contribution in [0.5, 0.6) is 0 Å². The quantitative estimate of drug-likeness (QED) is 0.727. The van der Waals surface area contributed by atoms with E-state index >= 15 is 0 Å². The minimum absolute atomic E-state index is 0.0693. The summed E-state index contributed by atoms with van der Waals surface area (Å²) in [6.07, 6.45) is -3.34. The number of nitrogens with one attached hydrogen (secondary N) is 1. The van der Waals surface area contributed by atoms with Crippen molar-refractivity contribution in [2.75, 3.05) is 26.2 Å². The molecule has 3 N–H and O–H groups in total. The molecule has 0 radical (unpaired) electrons. The molecule has 1 fully saturated rings. The molecule has 106 valence electrons. The van der Waals surface area contributed by atoms with E-state index in [1.165, 1.54) is 0 Å². The first-order valence-corrected chi connectivity index (χ1v) is 6.18. The highest BCUT2D eigenvalue weighted by Gasteiger charge is 2.26. The lowest BCUT2D eigenvalue weighted by Gasteiger charge is -2.29. The molecule has 1 aliphatic rings. The Labute approximate surface area is 105 Å². The third kappa shape index (κ3) is 6.80. The molecule has 0 aromatic rings. The van der Waals surface area contributed by atoms with E-state index in [-0.39, 0.29) is 31.5 Å². The molecule has 1 heterocycles. The van der Waals surface area contributed by atoms with Gasteiger partial charge in [0.15, 0.2) is 0 Å². The lowest BCUT2D eigenvalue weighted by atomic mass is 10.1. The number of carbonyl (C=O) groups excluding carboxylic acids is 1. The summed E-state index contributed by atoms with van der Waals surface area (Å²) in [7, 11) is 0. The second-order valence-corrected chi connectivity index (χ2v) is 4.68. The minimum atomic E-state index is -4.15. The first kappa shape index (κ1) is 15.2. The lowest BCUT2D eigenvalue weighted by Crippen LogP contribution is -2.44. The second-order valence-electron chi connectivity index (χ2n) is 4.68. The number of alkyl halides is 3. The van der Waals surface area contributed by atoms with Gasteiger partial charge in [0.25, 0.3) is 0 Å². The molecule has 0 unspecified atom stereocenters. The van der Waals surface area contributed by atoms with Gasteiger partial charge in [-0.15, -0.1) is 0 Å². The van der Waals surface area contributed by atoms with Crippen molar-refractivity contribution in [1.29, 1.82) is 0 Å². The summed E-state index contributed by atoms with van der Waals surface area (Å²) in [5.74, 6) is -0.215. The van der Waals surface area contributed by atoms with Crippen molar-refractivity contribution < 1.29 is 18.0 Å². The summed E-state index contributed by atoms with van der Waals surface area (Å²) < 4.78 is 35.6. The largest absolute Gasteiger partial charge is 0.389 e. The van der Waals surface area contributed by atoms with E-state index in [1.54, 1.807) is 0 Å². The molecule has 0 saturated carbocycles. The summed E-state index contributed by atoms with van der Waals surface area (Å²) in [5.41, 5.74) is 5.73. The fraction of sp³-hybridized carbons (Fsp3) is 0.909. The highest BCUT2D eigenvalue weighted by atomic mass is 19.4.